The monoisotopic (exact) mass is 448 g/mol. The van der Waals surface area contributed by atoms with Gasteiger partial charge in [0.1, 0.15) is 22.7 Å². The van der Waals surface area contributed by atoms with Gasteiger partial charge in [0.2, 0.25) is 0 Å². The number of azo groups is 2. The fourth-order valence-electron chi connectivity index (χ4n) is 3.64. The molecule has 0 unspecified atom stereocenters. The molecule has 2 heterocycles. The van der Waals surface area contributed by atoms with Gasteiger partial charge < -0.3 is 18.9 Å². The van der Waals surface area contributed by atoms with Crippen LogP contribution in [-0.4, -0.2) is 0 Å². The molecule has 4 aromatic rings. The van der Waals surface area contributed by atoms with E-state index in [1.54, 1.807) is 24.3 Å². The van der Waals surface area contributed by atoms with Gasteiger partial charge in [0.05, 0.1) is 0 Å². The Morgan fingerprint density at radius 2 is 1.09 bits per heavy atom. The third-order valence-electron chi connectivity index (χ3n) is 5.18. The lowest BCUT2D eigenvalue weighted by molar-refractivity contribution is 0.227. The van der Waals surface area contributed by atoms with Crippen molar-refractivity contribution in [1.82, 2.24) is 0 Å². The van der Waals surface area contributed by atoms with E-state index in [-0.39, 0.29) is 11.9 Å². The largest absolute Gasteiger partial charge is 0.424 e. The zero-order valence-electron chi connectivity index (χ0n) is 17.8. The van der Waals surface area contributed by atoms with Crippen LogP contribution >= 0.6 is 0 Å². The van der Waals surface area contributed by atoms with Gasteiger partial charge in [-0.05, 0) is 36.7 Å². The minimum absolute atomic E-state index is 0.0603. The van der Waals surface area contributed by atoms with E-state index in [1.165, 1.54) is 0 Å². The molecule has 0 radical (unpaired) electrons. The molecule has 164 valence electrons. The summed E-state index contributed by atoms with van der Waals surface area (Å²) >= 11 is 0. The quantitative estimate of drug-likeness (QED) is 0.271. The SMILES string of the molecule is C=C1Oc2ccccc2N=Nc2cc3c(cc2O1)N=Nc1ccc2ccccc2c1OC(=C)O3. The van der Waals surface area contributed by atoms with Crippen molar-refractivity contribution in [1.29, 1.82) is 0 Å². The number of rotatable bonds is 0. The van der Waals surface area contributed by atoms with Crippen molar-refractivity contribution in [3.63, 3.8) is 0 Å². The fourth-order valence-corrected chi connectivity index (χ4v) is 3.64. The van der Waals surface area contributed by atoms with E-state index in [9.17, 15) is 0 Å². The van der Waals surface area contributed by atoms with Gasteiger partial charge >= 0.3 is 0 Å². The first kappa shape index (κ1) is 19.7. The van der Waals surface area contributed by atoms with Crippen LogP contribution in [0.3, 0.4) is 0 Å². The van der Waals surface area contributed by atoms with Gasteiger partial charge in [-0.3, -0.25) is 0 Å². The highest BCUT2D eigenvalue weighted by atomic mass is 16.7. The summed E-state index contributed by atoms with van der Waals surface area (Å²) in [6.07, 6.45) is 0. The Labute approximate surface area is 194 Å². The predicted molar refractivity (Wildman–Crippen MR) is 126 cm³/mol. The average Bonchev–Trinajstić information content (AvgIpc) is 2.95. The van der Waals surface area contributed by atoms with Crippen molar-refractivity contribution < 1.29 is 18.9 Å². The van der Waals surface area contributed by atoms with Gasteiger partial charge in [-0.15, -0.1) is 20.5 Å². The standard InChI is InChI=1S/C26H16N4O4/c1-15-31-23-10-6-5-9-19(23)27-29-21-13-25-22(14-24(21)32-15)30-28-20-12-11-17-7-3-4-8-18(17)26(20)34-16(2)33-25/h3-14H,1-2H2. The first-order chi connectivity index (χ1) is 16.6. The summed E-state index contributed by atoms with van der Waals surface area (Å²) in [6, 6.07) is 22.0. The maximum atomic E-state index is 5.97. The van der Waals surface area contributed by atoms with Crippen LogP contribution in [0.5, 0.6) is 23.0 Å². The molecule has 0 amide bonds. The molecule has 0 bridgehead atoms. The Hall–Kier alpha value is -4.98. The van der Waals surface area contributed by atoms with Crippen molar-refractivity contribution >= 4 is 33.5 Å². The van der Waals surface area contributed by atoms with E-state index in [0.29, 0.717) is 45.7 Å². The molecule has 0 atom stereocenters. The first-order valence-corrected chi connectivity index (χ1v) is 10.4. The molecular formula is C26H16N4O4. The second-order valence-electron chi connectivity index (χ2n) is 7.44. The summed E-state index contributed by atoms with van der Waals surface area (Å²) in [6.45, 7) is 7.76. The third-order valence-corrected chi connectivity index (χ3v) is 5.18. The van der Waals surface area contributed by atoms with Crippen LogP contribution in [0.15, 0.2) is 118 Å². The number of ether oxygens (including phenoxy) is 4. The minimum atomic E-state index is 0.0603. The molecule has 2 aliphatic heterocycles. The molecule has 0 fully saturated rings. The number of benzene rings is 4. The van der Waals surface area contributed by atoms with Crippen LogP contribution in [0, 0.1) is 0 Å². The second kappa shape index (κ2) is 7.86. The highest BCUT2D eigenvalue weighted by Crippen LogP contribution is 2.46. The van der Waals surface area contributed by atoms with Crippen LogP contribution in [0.1, 0.15) is 0 Å². The molecule has 0 saturated heterocycles. The summed E-state index contributed by atoms with van der Waals surface area (Å²) in [5, 5.41) is 19.3. The van der Waals surface area contributed by atoms with Gasteiger partial charge in [-0.1, -0.05) is 42.5 Å². The smallest absolute Gasteiger partial charge is 0.282 e. The summed E-state index contributed by atoms with van der Waals surface area (Å²) in [7, 11) is 0. The molecular weight excluding hydrogens is 432 g/mol. The molecule has 8 heteroatoms. The number of nitrogens with zero attached hydrogens (tertiary/aromatic N) is 4. The molecule has 0 N–H and O–H groups in total. The molecule has 0 aromatic heterocycles. The van der Waals surface area contributed by atoms with Crippen LogP contribution in [0.25, 0.3) is 10.8 Å². The average molecular weight is 448 g/mol. The maximum absolute atomic E-state index is 5.97. The molecule has 34 heavy (non-hydrogen) atoms. The molecule has 0 spiro atoms. The minimum Gasteiger partial charge on any atom is -0.424 e. The number of hydrogen-bond donors (Lipinski definition) is 0. The maximum Gasteiger partial charge on any atom is 0.282 e. The van der Waals surface area contributed by atoms with Crippen molar-refractivity contribution in [2.24, 2.45) is 20.5 Å². The van der Waals surface area contributed by atoms with Gasteiger partial charge in [0.15, 0.2) is 23.0 Å². The third kappa shape index (κ3) is 3.53. The van der Waals surface area contributed by atoms with E-state index in [2.05, 4.69) is 33.6 Å². The molecule has 6 rings (SSSR count). The molecule has 4 aromatic carbocycles. The van der Waals surface area contributed by atoms with Crippen LogP contribution in [-0.2, 0) is 0 Å². The van der Waals surface area contributed by atoms with Crippen LogP contribution in [0.2, 0.25) is 0 Å². The van der Waals surface area contributed by atoms with Gasteiger partial charge in [-0.2, -0.15) is 0 Å². The van der Waals surface area contributed by atoms with Crippen molar-refractivity contribution in [2.45, 2.75) is 0 Å². The van der Waals surface area contributed by atoms with E-state index >= 15 is 0 Å². The van der Waals surface area contributed by atoms with Gasteiger partial charge in [0.25, 0.3) is 11.9 Å². The Morgan fingerprint density at radius 3 is 1.88 bits per heavy atom. The van der Waals surface area contributed by atoms with E-state index in [0.717, 1.165) is 10.8 Å². The molecule has 0 saturated carbocycles. The van der Waals surface area contributed by atoms with E-state index in [1.807, 2.05) is 48.5 Å². The number of hydrogen-bond acceptors (Lipinski definition) is 8. The number of para-hydroxylation sites is 1. The highest BCUT2D eigenvalue weighted by Gasteiger charge is 2.20. The zero-order chi connectivity index (χ0) is 23.1. The van der Waals surface area contributed by atoms with E-state index < -0.39 is 0 Å². The molecule has 2 aliphatic rings. The number of fused-ring (bicyclic) bond motifs is 6. The lowest BCUT2D eigenvalue weighted by Gasteiger charge is -2.14. The Balaban J connectivity index is 1.47. The topological polar surface area (TPSA) is 86.4 Å². The van der Waals surface area contributed by atoms with Crippen molar-refractivity contribution in [2.75, 3.05) is 0 Å². The lowest BCUT2D eigenvalue weighted by atomic mass is 10.1. The summed E-state index contributed by atoms with van der Waals surface area (Å²) in [5.41, 5.74) is 1.82. The van der Waals surface area contributed by atoms with Crippen molar-refractivity contribution in [3.8, 4) is 23.0 Å². The van der Waals surface area contributed by atoms with Crippen LogP contribution < -0.4 is 18.9 Å². The molecule has 8 nitrogen and oxygen atoms in total. The van der Waals surface area contributed by atoms with E-state index in [4.69, 9.17) is 18.9 Å². The normalized spacial score (nSPS) is 14.1. The fraction of sp³-hybridized carbons (Fsp3) is 0. The lowest BCUT2D eigenvalue weighted by Crippen LogP contribution is -2.03. The molecule has 0 aliphatic carbocycles. The Bertz CT molecular complexity index is 1560. The van der Waals surface area contributed by atoms with Gasteiger partial charge in [0, 0.05) is 17.5 Å². The Morgan fingerprint density at radius 1 is 0.500 bits per heavy atom. The Kier molecular flexibility index (Phi) is 4.55. The highest BCUT2D eigenvalue weighted by molar-refractivity contribution is 5.92. The predicted octanol–water partition coefficient (Wildman–Crippen LogP) is 8.16. The van der Waals surface area contributed by atoms with Crippen LogP contribution in [0.4, 0.5) is 22.7 Å². The summed E-state index contributed by atoms with van der Waals surface area (Å²) < 4.78 is 23.4. The summed E-state index contributed by atoms with van der Waals surface area (Å²) in [4.78, 5) is 0. The van der Waals surface area contributed by atoms with Gasteiger partial charge in [-0.25, -0.2) is 0 Å². The summed E-state index contributed by atoms with van der Waals surface area (Å²) in [5.74, 6) is 1.75. The second-order valence-corrected chi connectivity index (χ2v) is 7.44. The van der Waals surface area contributed by atoms with Crippen molar-refractivity contribution in [3.05, 3.63) is 97.8 Å². The first-order valence-electron chi connectivity index (χ1n) is 10.4. The zero-order valence-corrected chi connectivity index (χ0v) is 17.8.